The number of furan rings is 1. The van der Waals surface area contributed by atoms with Gasteiger partial charge in [0.2, 0.25) is 0 Å². The van der Waals surface area contributed by atoms with Gasteiger partial charge >= 0.3 is 0 Å². The zero-order valence-corrected chi connectivity index (χ0v) is 27.4. The Morgan fingerprint density at radius 1 is 0.412 bits per heavy atom. The van der Waals surface area contributed by atoms with E-state index in [-0.39, 0.29) is 0 Å². The Hall–Kier alpha value is -7.16. The highest BCUT2D eigenvalue weighted by atomic mass is 16.3. The molecule has 0 radical (unpaired) electrons. The van der Waals surface area contributed by atoms with Crippen LogP contribution in [0, 0.1) is 11.3 Å². The van der Waals surface area contributed by atoms with Crippen LogP contribution in [0.15, 0.2) is 174 Å². The van der Waals surface area contributed by atoms with E-state index in [2.05, 4.69) is 78.9 Å². The Morgan fingerprint density at radius 2 is 0.961 bits per heavy atom. The van der Waals surface area contributed by atoms with Crippen molar-refractivity contribution in [3.63, 3.8) is 0 Å². The molecule has 5 nitrogen and oxygen atoms in total. The molecule has 0 amide bonds. The number of benzene rings is 7. The summed E-state index contributed by atoms with van der Waals surface area (Å²) < 4.78 is 6.58. The van der Waals surface area contributed by atoms with Gasteiger partial charge in [0.1, 0.15) is 11.2 Å². The first-order chi connectivity index (χ1) is 25.2. The van der Waals surface area contributed by atoms with Gasteiger partial charge < -0.3 is 4.42 Å². The van der Waals surface area contributed by atoms with Gasteiger partial charge in [0.15, 0.2) is 17.5 Å². The van der Waals surface area contributed by atoms with Crippen molar-refractivity contribution >= 4 is 21.9 Å². The summed E-state index contributed by atoms with van der Waals surface area (Å²) in [5.74, 6) is 1.71. The molecule has 0 aliphatic heterocycles. The molecule has 5 heteroatoms. The van der Waals surface area contributed by atoms with E-state index in [4.69, 9.17) is 19.4 Å². The van der Waals surface area contributed by atoms with E-state index in [0.717, 1.165) is 72.0 Å². The molecule has 0 spiro atoms. The van der Waals surface area contributed by atoms with Crippen LogP contribution < -0.4 is 0 Å². The van der Waals surface area contributed by atoms with Crippen LogP contribution in [0.3, 0.4) is 0 Å². The predicted molar refractivity (Wildman–Crippen MR) is 204 cm³/mol. The van der Waals surface area contributed by atoms with Gasteiger partial charge in [0.05, 0.1) is 11.6 Å². The molecule has 0 saturated carbocycles. The van der Waals surface area contributed by atoms with Gasteiger partial charge in [-0.3, -0.25) is 0 Å². The molecule has 238 valence electrons. The summed E-state index contributed by atoms with van der Waals surface area (Å²) in [7, 11) is 0. The van der Waals surface area contributed by atoms with E-state index in [1.165, 1.54) is 0 Å². The molecule has 9 aromatic rings. The van der Waals surface area contributed by atoms with Crippen molar-refractivity contribution in [3.05, 3.63) is 175 Å². The summed E-state index contributed by atoms with van der Waals surface area (Å²) >= 11 is 0. The van der Waals surface area contributed by atoms with Gasteiger partial charge in [-0.05, 0) is 58.1 Å². The number of rotatable bonds is 6. The minimum Gasteiger partial charge on any atom is -0.456 e. The largest absolute Gasteiger partial charge is 0.456 e. The van der Waals surface area contributed by atoms with Crippen LogP contribution in [0.25, 0.3) is 89.5 Å². The molecule has 2 aromatic heterocycles. The van der Waals surface area contributed by atoms with Gasteiger partial charge in [-0.15, -0.1) is 0 Å². The van der Waals surface area contributed by atoms with E-state index in [9.17, 15) is 5.26 Å². The van der Waals surface area contributed by atoms with Crippen molar-refractivity contribution in [2.75, 3.05) is 0 Å². The van der Waals surface area contributed by atoms with E-state index < -0.39 is 0 Å². The fourth-order valence-corrected chi connectivity index (χ4v) is 6.70. The fraction of sp³-hybridized carbons (Fsp3) is 0. The molecule has 0 aliphatic rings. The molecule has 0 atom stereocenters. The SMILES string of the molecule is N#Cc1cccc(-c2ccc(-c3nc(-c4ccccc4)nc(-c4ccc5c(c4)oc4ccc(-c6ccccc6)c(-c6ccccc6)c45)n3)cc2)c1. The summed E-state index contributed by atoms with van der Waals surface area (Å²) in [6.45, 7) is 0. The molecule has 9 rings (SSSR count). The maximum Gasteiger partial charge on any atom is 0.164 e. The van der Waals surface area contributed by atoms with Crippen molar-refractivity contribution in [2.24, 2.45) is 0 Å². The van der Waals surface area contributed by atoms with Gasteiger partial charge in [-0.1, -0.05) is 140 Å². The van der Waals surface area contributed by atoms with Gasteiger partial charge in [-0.2, -0.15) is 5.26 Å². The molecule has 51 heavy (non-hydrogen) atoms. The van der Waals surface area contributed by atoms with Crippen LogP contribution in [-0.2, 0) is 0 Å². The number of fused-ring (bicyclic) bond motifs is 3. The number of hydrogen-bond donors (Lipinski definition) is 0. The standard InChI is InChI=1S/C46H28N4O/c47-29-30-11-10-18-36(27-30)31-19-21-35(22-20-31)45-48-44(34-16-8-3-9-17-34)49-46(50-45)37-23-24-39-41(28-37)51-40-26-25-38(32-12-4-1-5-13-32)42(43(39)40)33-14-6-2-7-15-33/h1-28H. The third-order valence-electron chi connectivity index (χ3n) is 9.18. The lowest BCUT2D eigenvalue weighted by atomic mass is 9.90. The number of nitriles is 1. The van der Waals surface area contributed by atoms with Crippen LogP contribution in [0.2, 0.25) is 0 Å². The number of hydrogen-bond acceptors (Lipinski definition) is 5. The van der Waals surface area contributed by atoms with Crippen molar-refractivity contribution < 1.29 is 4.42 Å². The maximum absolute atomic E-state index is 9.37. The van der Waals surface area contributed by atoms with Gasteiger partial charge in [0.25, 0.3) is 0 Å². The van der Waals surface area contributed by atoms with Crippen LogP contribution in [0.5, 0.6) is 0 Å². The minimum atomic E-state index is 0.556. The van der Waals surface area contributed by atoms with E-state index in [0.29, 0.717) is 23.0 Å². The van der Waals surface area contributed by atoms with Crippen molar-refractivity contribution in [2.45, 2.75) is 0 Å². The smallest absolute Gasteiger partial charge is 0.164 e. The second-order valence-corrected chi connectivity index (χ2v) is 12.3. The van der Waals surface area contributed by atoms with E-state index in [1.807, 2.05) is 97.1 Å². The second-order valence-electron chi connectivity index (χ2n) is 12.3. The van der Waals surface area contributed by atoms with Crippen molar-refractivity contribution in [1.82, 2.24) is 15.0 Å². The first kappa shape index (κ1) is 29.9. The predicted octanol–water partition coefficient (Wildman–Crippen LogP) is 11.6. The Balaban J connectivity index is 1.18. The molecule has 0 aliphatic carbocycles. The summed E-state index contributed by atoms with van der Waals surface area (Å²) in [5, 5.41) is 11.5. The Morgan fingerprint density at radius 3 is 1.63 bits per heavy atom. The summed E-state index contributed by atoms with van der Waals surface area (Å²) in [6, 6.07) is 59.3. The molecule has 0 unspecified atom stereocenters. The lowest BCUT2D eigenvalue weighted by Gasteiger charge is -2.12. The third-order valence-corrected chi connectivity index (χ3v) is 9.18. The zero-order chi connectivity index (χ0) is 34.1. The molecule has 0 N–H and O–H groups in total. The normalized spacial score (nSPS) is 11.1. The molecule has 0 fully saturated rings. The highest BCUT2D eigenvalue weighted by molar-refractivity contribution is 6.16. The van der Waals surface area contributed by atoms with Crippen LogP contribution >= 0.6 is 0 Å². The summed E-state index contributed by atoms with van der Waals surface area (Å²) in [5.41, 5.74) is 11.4. The highest BCUT2D eigenvalue weighted by Gasteiger charge is 2.19. The molecule has 0 bridgehead atoms. The van der Waals surface area contributed by atoms with Crippen LogP contribution in [-0.4, -0.2) is 15.0 Å². The Kier molecular flexibility index (Phi) is 7.46. The fourth-order valence-electron chi connectivity index (χ4n) is 6.70. The van der Waals surface area contributed by atoms with Crippen LogP contribution in [0.4, 0.5) is 0 Å². The average Bonchev–Trinajstić information content (AvgIpc) is 3.59. The average molecular weight is 653 g/mol. The highest BCUT2D eigenvalue weighted by Crippen LogP contribution is 2.43. The van der Waals surface area contributed by atoms with Crippen molar-refractivity contribution in [3.8, 4) is 73.6 Å². The monoisotopic (exact) mass is 652 g/mol. The lowest BCUT2D eigenvalue weighted by Crippen LogP contribution is -2.00. The van der Waals surface area contributed by atoms with Crippen molar-refractivity contribution in [1.29, 1.82) is 5.26 Å². The number of aromatic nitrogens is 3. The molecule has 7 aromatic carbocycles. The Bertz CT molecular complexity index is 2730. The lowest BCUT2D eigenvalue weighted by molar-refractivity contribution is 0.669. The topological polar surface area (TPSA) is 75.6 Å². The quantitative estimate of drug-likeness (QED) is 0.179. The first-order valence-electron chi connectivity index (χ1n) is 16.7. The zero-order valence-electron chi connectivity index (χ0n) is 27.4. The summed E-state index contributed by atoms with van der Waals surface area (Å²) in [6.07, 6.45) is 0. The van der Waals surface area contributed by atoms with E-state index >= 15 is 0 Å². The molecule has 0 saturated heterocycles. The molecular formula is C46H28N4O. The van der Waals surface area contributed by atoms with Gasteiger partial charge in [-0.25, -0.2) is 15.0 Å². The molecule has 2 heterocycles. The Labute approximate surface area is 294 Å². The van der Waals surface area contributed by atoms with E-state index in [1.54, 1.807) is 0 Å². The third kappa shape index (κ3) is 5.61. The molecular weight excluding hydrogens is 625 g/mol. The van der Waals surface area contributed by atoms with Gasteiger partial charge in [0, 0.05) is 33.0 Å². The minimum absolute atomic E-state index is 0.556. The first-order valence-corrected chi connectivity index (χ1v) is 16.7. The van der Waals surface area contributed by atoms with Crippen LogP contribution in [0.1, 0.15) is 5.56 Å². The number of nitrogens with zero attached hydrogens (tertiary/aromatic N) is 4. The summed E-state index contributed by atoms with van der Waals surface area (Å²) in [4.78, 5) is 14.9. The second kappa shape index (κ2) is 12.7. The maximum atomic E-state index is 9.37.